The monoisotopic (exact) mass is 252 g/mol. The van der Waals surface area contributed by atoms with E-state index in [1.54, 1.807) is 0 Å². The minimum Gasteiger partial charge on any atom is -0.489 e. The maximum atomic E-state index is 8.83. The van der Waals surface area contributed by atoms with E-state index in [1.807, 2.05) is 50.2 Å². The maximum absolute atomic E-state index is 8.83. The van der Waals surface area contributed by atoms with Crippen molar-refractivity contribution in [2.24, 2.45) is 0 Å². The van der Waals surface area contributed by atoms with E-state index in [-0.39, 0.29) is 0 Å². The topological polar surface area (TPSA) is 59.0 Å². The summed E-state index contributed by atoms with van der Waals surface area (Å²) >= 11 is 0. The molecule has 2 aromatic rings. The molecule has 2 aromatic carbocycles. The van der Waals surface area contributed by atoms with Gasteiger partial charge in [0.05, 0.1) is 11.6 Å². The molecule has 2 rings (SSSR count). The van der Waals surface area contributed by atoms with Gasteiger partial charge in [-0.25, -0.2) is 0 Å². The van der Waals surface area contributed by atoms with Crippen molar-refractivity contribution in [1.29, 1.82) is 5.26 Å². The molecule has 0 fully saturated rings. The van der Waals surface area contributed by atoms with Crippen molar-refractivity contribution < 1.29 is 4.74 Å². The number of hydrogen-bond donors (Lipinski definition) is 1. The van der Waals surface area contributed by atoms with Crippen LogP contribution in [-0.4, -0.2) is 0 Å². The number of nitrogen functional groups attached to an aromatic ring is 1. The molecular formula is C16H16N2O. The first kappa shape index (κ1) is 13.0. The molecule has 3 heteroatoms. The second-order valence-corrected chi connectivity index (χ2v) is 4.57. The van der Waals surface area contributed by atoms with Gasteiger partial charge in [-0.3, -0.25) is 0 Å². The molecule has 0 aliphatic heterocycles. The third-order valence-electron chi connectivity index (χ3n) is 3.05. The lowest BCUT2D eigenvalue weighted by molar-refractivity contribution is 0.303. The van der Waals surface area contributed by atoms with Crippen LogP contribution in [-0.2, 0) is 6.61 Å². The zero-order valence-corrected chi connectivity index (χ0v) is 11.1. The van der Waals surface area contributed by atoms with Crippen molar-refractivity contribution in [3.8, 4) is 11.8 Å². The number of rotatable bonds is 3. The molecule has 0 aliphatic carbocycles. The Morgan fingerprint density at radius 3 is 2.53 bits per heavy atom. The van der Waals surface area contributed by atoms with E-state index in [0.29, 0.717) is 12.2 Å². The number of benzene rings is 2. The van der Waals surface area contributed by atoms with Gasteiger partial charge in [-0.05, 0) is 60.9 Å². The van der Waals surface area contributed by atoms with Crippen LogP contribution in [0.15, 0.2) is 36.4 Å². The Morgan fingerprint density at radius 2 is 1.89 bits per heavy atom. The highest BCUT2D eigenvalue weighted by atomic mass is 16.5. The average Bonchev–Trinajstić information content (AvgIpc) is 2.39. The van der Waals surface area contributed by atoms with E-state index < -0.39 is 0 Å². The molecule has 0 saturated carbocycles. The summed E-state index contributed by atoms with van der Waals surface area (Å²) in [6.07, 6.45) is 0. The van der Waals surface area contributed by atoms with E-state index in [0.717, 1.165) is 28.1 Å². The van der Waals surface area contributed by atoms with Crippen LogP contribution in [0.1, 0.15) is 22.3 Å². The first-order chi connectivity index (χ1) is 9.10. The van der Waals surface area contributed by atoms with E-state index in [2.05, 4.69) is 6.07 Å². The highest BCUT2D eigenvalue weighted by Crippen LogP contribution is 2.22. The van der Waals surface area contributed by atoms with E-state index >= 15 is 0 Å². The van der Waals surface area contributed by atoms with Crippen LogP contribution >= 0.6 is 0 Å². The van der Waals surface area contributed by atoms with Crippen molar-refractivity contribution in [2.45, 2.75) is 20.5 Å². The normalized spacial score (nSPS) is 9.95. The van der Waals surface area contributed by atoms with Crippen LogP contribution in [0.4, 0.5) is 5.69 Å². The first-order valence-corrected chi connectivity index (χ1v) is 6.08. The number of nitrogens with zero attached hydrogens (tertiary/aromatic N) is 1. The molecule has 0 bridgehead atoms. The minimum atomic E-state index is 0.488. The molecule has 0 aliphatic rings. The van der Waals surface area contributed by atoms with Crippen molar-refractivity contribution in [3.63, 3.8) is 0 Å². The third-order valence-corrected chi connectivity index (χ3v) is 3.05. The second kappa shape index (κ2) is 5.45. The Labute approximate surface area is 113 Å². The second-order valence-electron chi connectivity index (χ2n) is 4.57. The molecule has 0 aromatic heterocycles. The maximum Gasteiger partial charge on any atom is 0.122 e. The van der Waals surface area contributed by atoms with Crippen molar-refractivity contribution in [1.82, 2.24) is 0 Å². The third kappa shape index (κ3) is 3.05. The van der Waals surface area contributed by atoms with Gasteiger partial charge in [0.2, 0.25) is 0 Å². The Kier molecular flexibility index (Phi) is 3.72. The Bertz CT molecular complexity index is 642. The SMILES string of the molecule is Cc1cc(C#N)ccc1COc1ccc(N)cc1C. The molecule has 0 heterocycles. The number of nitrogens with two attached hydrogens (primary N) is 1. The average molecular weight is 252 g/mol. The van der Waals surface area contributed by atoms with Crippen LogP contribution in [0.3, 0.4) is 0 Å². The molecule has 0 unspecified atom stereocenters. The summed E-state index contributed by atoms with van der Waals surface area (Å²) in [5.74, 6) is 0.831. The largest absolute Gasteiger partial charge is 0.489 e. The minimum absolute atomic E-state index is 0.488. The first-order valence-electron chi connectivity index (χ1n) is 6.08. The Hall–Kier alpha value is -2.47. The quantitative estimate of drug-likeness (QED) is 0.852. The summed E-state index contributed by atoms with van der Waals surface area (Å²) in [5.41, 5.74) is 10.3. The van der Waals surface area contributed by atoms with Gasteiger partial charge in [-0.15, -0.1) is 0 Å². The molecule has 0 amide bonds. The zero-order chi connectivity index (χ0) is 13.8. The lowest BCUT2D eigenvalue weighted by Gasteiger charge is -2.11. The summed E-state index contributed by atoms with van der Waals surface area (Å²) in [5, 5.41) is 8.83. The number of hydrogen-bond acceptors (Lipinski definition) is 3. The van der Waals surface area contributed by atoms with Gasteiger partial charge in [0, 0.05) is 5.69 Å². The highest BCUT2D eigenvalue weighted by molar-refractivity contribution is 5.47. The molecule has 0 saturated heterocycles. The molecule has 3 nitrogen and oxygen atoms in total. The van der Waals surface area contributed by atoms with Crippen LogP contribution < -0.4 is 10.5 Å². The smallest absolute Gasteiger partial charge is 0.122 e. The van der Waals surface area contributed by atoms with Crippen LogP contribution in [0.2, 0.25) is 0 Å². The molecule has 2 N–H and O–H groups in total. The molecule has 19 heavy (non-hydrogen) atoms. The molecule has 0 atom stereocenters. The zero-order valence-electron chi connectivity index (χ0n) is 11.1. The van der Waals surface area contributed by atoms with Crippen LogP contribution in [0.5, 0.6) is 5.75 Å². The van der Waals surface area contributed by atoms with Gasteiger partial charge >= 0.3 is 0 Å². The summed E-state index contributed by atoms with van der Waals surface area (Å²) in [7, 11) is 0. The van der Waals surface area contributed by atoms with Crippen LogP contribution in [0.25, 0.3) is 0 Å². The van der Waals surface area contributed by atoms with Gasteiger partial charge < -0.3 is 10.5 Å². The standard InChI is InChI=1S/C16H16N2O/c1-11-7-13(9-17)3-4-14(11)10-19-16-6-5-15(18)8-12(16)2/h3-8H,10,18H2,1-2H3. The summed E-state index contributed by atoms with van der Waals surface area (Å²) < 4.78 is 5.79. The fourth-order valence-corrected chi connectivity index (χ4v) is 1.92. The Balaban J connectivity index is 2.13. The lowest BCUT2D eigenvalue weighted by Crippen LogP contribution is -2.00. The fraction of sp³-hybridized carbons (Fsp3) is 0.188. The molecule has 96 valence electrons. The molecule has 0 radical (unpaired) electrons. The summed E-state index contributed by atoms with van der Waals surface area (Å²) in [6, 6.07) is 13.3. The fourth-order valence-electron chi connectivity index (χ4n) is 1.92. The van der Waals surface area contributed by atoms with E-state index in [9.17, 15) is 0 Å². The van der Waals surface area contributed by atoms with Gasteiger partial charge in [0.1, 0.15) is 12.4 Å². The summed E-state index contributed by atoms with van der Waals surface area (Å²) in [4.78, 5) is 0. The van der Waals surface area contributed by atoms with Gasteiger partial charge in [0.15, 0.2) is 0 Å². The number of anilines is 1. The van der Waals surface area contributed by atoms with E-state index in [4.69, 9.17) is 15.7 Å². The van der Waals surface area contributed by atoms with E-state index in [1.165, 1.54) is 0 Å². The number of aryl methyl sites for hydroxylation is 2. The van der Waals surface area contributed by atoms with Crippen molar-refractivity contribution in [2.75, 3.05) is 5.73 Å². The van der Waals surface area contributed by atoms with Gasteiger partial charge in [-0.1, -0.05) is 6.07 Å². The van der Waals surface area contributed by atoms with Crippen LogP contribution in [0, 0.1) is 25.2 Å². The number of ether oxygens (including phenoxy) is 1. The molecular weight excluding hydrogens is 236 g/mol. The highest BCUT2D eigenvalue weighted by Gasteiger charge is 2.03. The molecule has 0 spiro atoms. The lowest BCUT2D eigenvalue weighted by atomic mass is 10.1. The number of nitriles is 1. The Morgan fingerprint density at radius 1 is 1.11 bits per heavy atom. The van der Waals surface area contributed by atoms with Gasteiger partial charge in [0.25, 0.3) is 0 Å². The van der Waals surface area contributed by atoms with Crippen molar-refractivity contribution >= 4 is 5.69 Å². The van der Waals surface area contributed by atoms with Gasteiger partial charge in [-0.2, -0.15) is 5.26 Å². The predicted molar refractivity (Wildman–Crippen MR) is 75.8 cm³/mol. The summed E-state index contributed by atoms with van der Waals surface area (Å²) in [6.45, 7) is 4.44. The predicted octanol–water partition coefficient (Wildman–Crippen LogP) is 3.34. The van der Waals surface area contributed by atoms with Crippen molar-refractivity contribution in [3.05, 3.63) is 58.7 Å².